The summed E-state index contributed by atoms with van der Waals surface area (Å²) in [6.07, 6.45) is 2.12. The zero-order chi connectivity index (χ0) is 22.2. The second-order valence-corrected chi connectivity index (χ2v) is 7.92. The van der Waals surface area contributed by atoms with Gasteiger partial charge in [-0.25, -0.2) is 13.2 Å². The van der Waals surface area contributed by atoms with Crippen LogP contribution < -0.4 is 9.64 Å². The highest BCUT2D eigenvalue weighted by Crippen LogP contribution is 2.60. The zero-order valence-electron chi connectivity index (χ0n) is 16.8. The third kappa shape index (κ3) is 4.02. The van der Waals surface area contributed by atoms with Gasteiger partial charge in [0.25, 0.3) is 5.88 Å². The minimum absolute atomic E-state index is 0.0400. The fourth-order valence-electron chi connectivity index (χ4n) is 4.18. The van der Waals surface area contributed by atoms with Crippen LogP contribution in [-0.2, 0) is 16.1 Å². The smallest absolute Gasteiger partial charge is 0.309 e. The van der Waals surface area contributed by atoms with E-state index in [0.29, 0.717) is 32.0 Å². The Bertz CT molecular complexity index is 1060. The maximum atomic E-state index is 14.4. The Morgan fingerprint density at radius 3 is 2.61 bits per heavy atom. The minimum atomic E-state index is -0.989. The van der Waals surface area contributed by atoms with Gasteiger partial charge in [-0.2, -0.15) is 10.2 Å². The number of nitriles is 1. The molecule has 1 saturated carbocycles. The van der Waals surface area contributed by atoms with E-state index in [0.717, 1.165) is 12.5 Å². The molecule has 1 aromatic heterocycles. The molecule has 1 saturated heterocycles. The van der Waals surface area contributed by atoms with Crippen molar-refractivity contribution in [3.63, 3.8) is 0 Å². The molecule has 9 heteroatoms. The van der Waals surface area contributed by atoms with E-state index < -0.39 is 23.3 Å². The number of halogens is 3. The molecule has 1 aliphatic heterocycles. The number of esters is 1. The number of anilines is 1. The summed E-state index contributed by atoms with van der Waals surface area (Å²) < 4.78 is 52.8. The molecule has 1 spiro atoms. The quantitative estimate of drug-likeness (QED) is 0.672. The second-order valence-electron chi connectivity index (χ2n) is 7.92. The van der Waals surface area contributed by atoms with Gasteiger partial charge in [-0.05, 0) is 36.8 Å². The number of piperidine rings is 1. The highest BCUT2D eigenvalue weighted by molar-refractivity contribution is 5.77. The Labute approximate surface area is 177 Å². The fourth-order valence-corrected chi connectivity index (χ4v) is 4.18. The van der Waals surface area contributed by atoms with Crippen molar-refractivity contribution >= 4 is 11.8 Å². The molecule has 2 fully saturated rings. The molecular weight excluding hydrogens is 411 g/mol. The number of carbonyl (C=O) groups excluding carboxylic acids is 1. The van der Waals surface area contributed by atoms with Gasteiger partial charge in [0.05, 0.1) is 24.7 Å². The third-order valence-corrected chi connectivity index (χ3v) is 6.16. The number of hydrogen-bond acceptors (Lipinski definition) is 6. The van der Waals surface area contributed by atoms with Crippen molar-refractivity contribution in [2.75, 3.05) is 25.1 Å². The van der Waals surface area contributed by atoms with Gasteiger partial charge < -0.3 is 14.4 Å². The van der Waals surface area contributed by atoms with E-state index in [4.69, 9.17) is 14.7 Å². The van der Waals surface area contributed by atoms with Crippen LogP contribution in [0.2, 0.25) is 0 Å². The molecule has 1 aliphatic carbocycles. The summed E-state index contributed by atoms with van der Waals surface area (Å²) in [5.74, 6) is -3.27. The molecule has 2 aromatic rings. The van der Waals surface area contributed by atoms with Crippen molar-refractivity contribution in [3.05, 3.63) is 52.8 Å². The molecule has 0 N–H and O–H groups in total. The Balaban J connectivity index is 1.45. The molecule has 162 valence electrons. The molecule has 2 heterocycles. The Morgan fingerprint density at radius 2 is 1.97 bits per heavy atom. The van der Waals surface area contributed by atoms with E-state index in [1.807, 2.05) is 6.07 Å². The summed E-state index contributed by atoms with van der Waals surface area (Å²) in [6, 6.07) is 6.37. The first kappa shape index (κ1) is 21.0. The first-order valence-corrected chi connectivity index (χ1v) is 9.87. The zero-order valence-corrected chi connectivity index (χ0v) is 16.8. The van der Waals surface area contributed by atoms with Crippen LogP contribution in [0.4, 0.5) is 19.0 Å². The maximum absolute atomic E-state index is 14.4. The number of rotatable bonds is 5. The highest BCUT2D eigenvalue weighted by Gasteiger charge is 2.59. The molecule has 0 radical (unpaired) electrons. The van der Waals surface area contributed by atoms with Crippen LogP contribution in [0.5, 0.6) is 5.88 Å². The van der Waals surface area contributed by atoms with Crippen LogP contribution in [0.3, 0.4) is 0 Å². The van der Waals surface area contributed by atoms with Crippen molar-refractivity contribution < 1.29 is 27.4 Å². The largest absolute Gasteiger partial charge is 0.471 e. The molecule has 0 bridgehead atoms. The highest BCUT2D eigenvalue weighted by atomic mass is 19.1. The number of benzene rings is 1. The predicted octanol–water partition coefficient (Wildman–Crippen LogP) is 3.73. The molecule has 0 amide bonds. The van der Waals surface area contributed by atoms with E-state index in [1.54, 1.807) is 4.90 Å². The maximum Gasteiger partial charge on any atom is 0.309 e. The number of ether oxygens (including phenoxy) is 2. The van der Waals surface area contributed by atoms with Crippen molar-refractivity contribution in [2.45, 2.75) is 25.9 Å². The molecule has 1 unspecified atom stereocenters. The summed E-state index contributed by atoms with van der Waals surface area (Å²) in [5, 5.41) is 8.80. The SMILES string of the molecule is COC(=O)C1CC12CCN(c1nc(OCc3ccc(C#N)cc3F)c(F)cc1F)CC2. The van der Waals surface area contributed by atoms with Crippen molar-refractivity contribution in [1.82, 2.24) is 4.98 Å². The lowest BCUT2D eigenvalue weighted by Gasteiger charge is -2.33. The molecule has 6 nitrogen and oxygen atoms in total. The van der Waals surface area contributed by atoms with Crippen molar-refractivity contribution in [3.8, 4) is 11.9 Å². The van der Waals surface area contributed by atoms with Gasteiger partial charge in [0.1, 0.15) is 12.4 Å². The fraction of sp³-hybridized carbons (Fsp3) is 0.409. The topological polar surface area (TPSA) is 75.4 Å². The van der Waals surface area contributed by atoms with E-state index >= 15 is 0 Å². The van der Waals surface area contributed by atoms with Gasteiger partial charge in [-0.3, -0.25) is 4.79 Å². The van der Waals surface area contributed by atoms with Crippen LogP contribution in [0.15, 0.2) is 24.3 Å². The summed E-state index contributed by atoms with van der Waals surface area (Å²) in [4.78, 5) is 17.5. The number of methoxy groups -OCH3 is 1. The van der Waals surface area contributed by atoms with E-state index in [2.05, 4.69) is 4.98 Å². The normalized spacial score (nSPS) is 19.1. The van der Waals surface area contributed by atoms with Gasteiger partial charge in [-0.1, -0.05) is 6.07 Å². The van der Waals surface area contributed by atoms with Crippen LogP contribution in [0.25, 0.3) is 0 Å². The average molecular weight is 431 g/mol. The Kier molecular flexibility index (Phi) is 5.48. The van der Waals surface area contributed by atoms with E-state index in [9.17, 15) is 18.0 Å². The van der Waals surface area contributed by atoms with Crippen molar-refractivity contribution in [1.29, 1.82) is 5.26 Å². The summed E-state index contributed by atoms with van der Waals surface area (Å²) in [7, 11) is 1.37. The average Bonchev–Trinajstić information content (AvgIpc) is 3.47. The van der Waals surface area contributed by atoms with Gasteiger partial charge in [0.2, 0.25) is 0 Å². The van der Waals surface area contributed by atoms with Gasteiger partial charge in [0, 0.05) is 24.7 Å². The van der Waals surface area contributed by atoms with Crippen LogP contribution in [0, 0.1) is 40.1 Å². The summed E-state index contributed by atoms with van der Waals surface area (Å²) >= 11 is 0. The standard InChI is InChI=1S/C22H20F3N3O3/c1-30-21(29)15-10-22(15)4-6-28(7-5-22)19-17(24)9-18(25)20(27-19)31-12-14-3-2-13(11-26)8-16(14)23/h2-3,8-9,15H,4-7,10,12H2,1H3. The second kappa shape index (κ2) is 8.10. The molecule has 1 aromatic carbocycles. The summed E-state index contributed by atoms with van der Waals surface area (Å²) in [5.41, 5.74) is 0.170. The lowest BCUT2D eigenvalue weighted by molar-refractivity contribution is -0.143. The number of pyridine rings is 1. The van der Waals surface area contributed by atoms with Gasteiger partial charge >= 0.3 is 5.97 Å². The van der Waals surface area contributed by atoms with Gasteiger partial charge in [0.15, 0.2) is 17.5 Å². The number of hydrogen-bond donors (Lipinski definition) is 0. The lowest BCUT2D eigenvalue weighted by Crippen LogP contribution is -2.37. The first-order valence-electron chi connectivity index (χ1n) is 9.87. The third-order valence-electron chi connectivity index (χ3n) is 6.16. The lowest BCUT2D eigenvalue weighted by atomic mass is 9.91. The molecule has 4 rings (SSSR count). The summed E-state index contributed by atoms with van der Waals surface area (Å²) in [6.45, 7) is 0.607. The van der Waals surface area contributed by atoms with Crippen LogP contribution in [-0.4, -0.2) is 31.2 Å². The van der Waals surface area contributed by atoms with E-state index in [-0.39, 0.29) is 40.9 Å². The monoisotopic (exact) mass is 431 g/mol. The van der Waals surface area contributed by atoms with E-state index in [1.165, 1.54) is 19.2 Å². The van der Waals surface area contributed by atoms with Crippen molar-refractivity contribution in [2.24, 2.45) is 11.3 Å². The molecular formula is C22H20F3N3O3. The molecule has 1 atom stereocenters. The molecule has 31 heavy (non-hydrogen) atoms. The first-order chi connectivity index (χ1) is 14.9. The van der Waals surface area contributed by atoms with Crippen LogP contribution in [0.1, 0.15) is 30.4 Å². The van der Waals surface area contributed by atoms with Gasteiger partial charge in [-0.15, -0.1) is 0 Å². The number of aromatic nitrogens is 1. The molecule has 2 aliphatic rings. The Hall–Kier alpha value is -3.28. The number of carbonyl (C=O) groups is 1. The number of nitrogens with zero attached hydrogens (tertiary/aromatic N) is 3. The minimum Gasteiger partial charge on any atom is -0.471 e. The van der Waals surface area contributed by atoms with Crippen LogP contribution >= 0.6 is 0 Å². The Morgan fingerprint density at radius 1 is 1.23 bits per heavy atom. The predicted molar refractivity (Wildman–Crippen MR) is 104 cm³/mol.